The lowest BCUT2D eigenvalue weighted by molar-refractivity contribution is 0.311. The SMILES string of the molecule is CCOc1ccc(C=NNc2nc(-c3ccc(Cl)cc3)cs2)cc1OC. The van der Waals surface area contributed by atoms with Crippen LogP contribution < -0.4 is 14.9 Å². The second-order valence-electron chi connectivity index (χ2n) is 5.26. The fraction of sp³-hybridized carbons (Fsp3) is 0.158. The predicted molar refractivity (Wildman–Crippen MR) is 108 cm³/mol. The van der Waals surface area contributed by atoms with Gasteiger partial charge in [-0.05, 0) is 42.8 Å². The van der Waals surface area contributed by atoms with Crippen LogP contribution in [0.25, 0.3) is 11.3 Å². The van der Waals surface area contributed by atoms with Gasteiger partial charge in [0.15, 0.2) is 11.5 Å². The summed E-state index contributed by atoms with van der Waals surface area (Å²) >= 11 is 7.40. The molecule has 134 valence electrons. The molecule has 0 aliphatic rings. The Labute approximate surface area is 161 Å². The summed E-state index contributed by atoms with van der Waals surface area (Å²) in [7, 11) is 1.62. The van der Waals surface area contributed by atoms with Crippen LogP contribution in [0.2, 0.25) is 5.02 Å². The third kappa shape index (κ3) is 4.53. The zero-order valence-corrected chi connectivity index (χ0v) is 16.0. The van der Waals surface area contributed by atoms with Gasteiger partial charge in [-0.1, -0.05) is 23.7 Å². The molecule has 0 radical (unpaired) electrons. The molecule has 0 saturated carbocycles. The molecule has 0 saturated heterocycles. The summed E-state index contributed by atoms with van der Waals surface area (Å²) in [5.74, 6) is 1.39. The summed E-state index contributed by atoms with van der Waals surface area (Å²) in [6.07, 6.45) is 1.71. The van der Waals surface area contributed by atoms with Crippen LogP contribution in [-0.4, -0.2) is 24.9 Å². The van der Waals surface area contributed by atoms with Crippen molar-refractivity contribution in [3.05, 3.63) is 58.4 Å². The maximum atomic E-state index is 5.91. The Morgan fingerprint density at radius 3 is 2.73 bits per heavy atom. The van der Waals surface area contributed by atoms with Gasteiger partial charge in [0.2, 0.25) is 5.13 Å². The van der Waals surface area contributed by atoms with Gasteiger partial charge in [-0.2, -0.15) is 5.10 Å². The van der Waals surface area contributed by atoms with Crippen molar-refractivity contribution in [2.75, 3.05) is 19.1 Å². The molecule has 0 bridgehead atoms. The minimum absolute atomic E-state index is 0.589. The van der Waals surface area contributed by atoms with E-state index in [0.717, 1.165) is 16.8 Å². The third-order valence-electron chi connectivity index (χ3n) is 3.51. The summed E-state index contributed by atoms with van der Waals surface area (Å²) < 4.78 is 10.8. The van der Waals surface area contributed by atoms with E-state index in [1.54, 1.807) is 13.3 Å². The first-order chi connectivity index (χ1) is 12.7. The molecular formula is C19H18ClN3O2S. The first-order valence-corrected chi connectivity index (χ1v) is 9.26. The van der Waals surface area contributed by atoms with Crippen molar-refractivity contribution in [3.63, 3.8) is 0 Å². The maximum absolute atomic E-state index is 5.91. The fourth-order valence-corrected chi connectivity index (χ4v) is 3.07. The summed E-state index contributed by atoms with van der Waals surface area (Å²) in [6.45, 7) is 2.52. The second kappa shape index (κ2) is 8.69. The average Bonchev–Trinajstić information content (AvgIpc) is 3.12. The minimum Gasteiger partial charge on any atom is -0.493 e. The lowest BCUT2D eigenvalue weighted by Crippen LogP contribution is -1.96. The molecule has 0 fully saturated rings. The first-order valence-electron chi connectivity index (χ1n) is 8.01. The number of hydrogen-bond donors (Lipinski definition) is 1. The van der Waals surface area contributed by atoms with Gasteiger partial charge in [-0.25, -0.2) is 4.98 Å². The molecule has 0 atom stereocenters. The van der Waals surface area contributed by atoms with E-state index in [1.807, 2.05) is 54.8 Å². The number of hydrogen-bond acceptors (Lipinski definition) is 6. The Bertz CT molecular complexity index is 894. The number of anilines is 1. The Balaban J connectivity index is 1.66. The summed E-state index contributed by atoms with van der Waals surface area (Å²) in [5.41, 5.74) is 5.74. The number of halogens is 1. The second-order valence-corrected chi connectivity index (χ2v) is 6.55. The number of benzene rings is 2. The molecule has 1 aromatic heterocycles. The van der Waals surface area contributed by atoms with Gasteiger partial charge in [0.1, 0.15) is 0 Å². The van der Waals surface area contributed by atoms with Gasteiger partial charge in [0, 0.05) is 16.0 Å². The average molecular weight is 388 g/mol. The van der Waals surface area contributed by atoms with Gasteiger partial charge in [0.05, 0.1) is 25.6 Å². The van der Waals surface area contributed by atoms with E-state index in [1.165, 1.54) is 11.3 Å². The van der Waals surface area contributed by atoms with Crippen molar-refractivity contribution < 1.29 is 9.47 Å². The number of rotatable bonds is 7. The number of ether oxygens (including phenoxy) is 2. The smallest absolute Gasteiger partial charge is 0.203 e. The number of aromatic nitrogens is 1. The van der Waals surface area contributed by atoms with Crippen molar-refractivity contribution in [3.8, 4) is 22.8 Å². The van der Waals surface area contributed by atoms with Crippen molar-refractivity contribution in [2.45, 2.75) is 6.92 Å². The van der Waals surface area contributed by atoms with Crippen LogP contribution in [0.15, 0.2) is 52.9 Å². The summed E-state index contributed by atoms with van der Waals surface area (Å²) in [6, 6.07) is 13.2. The van der Waals surface area contributed by atoms with Crippen LogP contribution in [0.1, 0.15) is 12.5 Å². The van der Waals surface area contributed by atoms with E-state index >= 15 is 0 Å². The van der Waals surface area contributed by atoms with Crippen molar-refractivity contribution in [2.24, 2.45) is 5.10 Å². The fourth-order valence-electron chi connectivity index (χ4n) is 2.28. The third-order valence-corrected chi connectivity index (χ3v) is 4.50. The number of methoxy groups -OCH3 is 1. The zero-order valence-electron chi connectivity index (χ0n) is 14.4. The van der Waals surface area contributed by atoms with Crippen LogP contribution >= 0.6 is 22.9 Å². The van der Waals surface area contributed by atoms with E-state index in [4.69, 9.17) is 21.1 Å². The van der Waals surface area contributed by atoms with Crippen molar-refractivity contribution in [1.29, 1.82) is 0 Å². The molecule has 1 heterocycles. The molecule has 2 aromatic carbocycles. The van der Waals surface area contributed by atoms with E-state index in [2.05, 4.69) is 15.5 Å². The van der Waals surface area contributed by atoms with Crippen LogP contribution in [0.3, 0.4) is 0 Å². The van der Waals surface area contributed by atoms with Gasteiger partial charge in [-0.3, -0.25) is 5.43 Å². The number of nitrogens with zero attached hydrogens (tertiary/aromatic N) is 2. The minimum atomic E-state index is 0.589. The molecule has 0 amide bonds. The monoisotopic (exact) mass is 387 g/mol. The van der Waals surface area contributed by atoms with Gasteiger partial charge in [-0.15, -0.1) is 11.3 Å². The normalized spacial score (nSPS) is 10.9. The Morgan fingerprint density at radius 2 is 2.00 bits per heavy atom. The predicted octanol–water partition coefficient (Wildman–Crippen LogP) is 5.32. The molecule has 26 heavy (non-hydrogen) atoms. The Kier molecular flexibility index (Phi) is 6.09. The summed E-state index contributed by atoms with van der Waals surface area (Å²) in [4.78, 5) is 4.52. The van der Waals surface area contributed by atoms with Crippen LogP contribution in [0.5, 0.6) is 11.5 Å². The topological polar surface area (TPSA) is 55.7 Å². The maximum Gasteiger partial charge on any atom is 0.203 e. The molecule has 0 aliphatic carbocycles. The van der Waals surface area contributed by atoms with Gasteiger partial charge >= 0.3 is 0 Å². The molecular weight excluding hydrogens is 370 g/mol. The molecule has 0 unspecified atom stereocenters. The molecule has 0 aliphatic heterocycles. The van der Waals surface area contributed by atoms with Crippen molar-refractivity contribution in [1.82, 2.24) is 4.98 Å². The highest BCUT2D eigenvalue weighted by Crippen LogP contribution is 2.28. The van der Waals surface area contributed by atoms with E-state index in [0.29, 0.717) is 28.3 Å². The number of hydrazone groups is 1. The molecule has 1 N–H and O–H groups in total. The highest BCUT2D eigenvalue weighted by molar-refractivity contribution is 7.14. The van der Waals surface area contributed by atoms with E-state index in [-0.39, 0.29) is 0 Å². The quantitative estimate of drug-likeness (QED) is 0.440. The zero-order chi connectivity index (χ0) is 18.4. The highest BCUT2D eigenvalue weighted by Gasteiger charge is 2.05. The van der Waals surface area contributed by atoms with Gasteiger partial charge in [0.25, 0.3) is 0 Å². The van der Waals surface area contributed by atoms with Crippen LogP contribution in [-0.2, 0) is 0 Å². The van der Waals surface area contributed by atoms with Gasteiger partial charge < -0.3 is 9.47 Å². The lowest BCUT2D eigenvalue weighted by Gasteiger charge is -2.09. The Hall–Kier alpha value is -2.57. The molecule has 0 spiro atoms. The lowest BCUT2D eigenvalue weighted by atomic mass is 10.2. The van der Waals surface area contributed by atoms with Crippen LogP contribution in [0.4, 0.5) is 5.13 Å². The summed E-state index contributed by atoms with van der Waals surface area (Å²) in [5, 5.41) is 7.63. The van der Waals surface area contributed by atoms with Crippen LogP contribution in [0, 0.1) is 0 Å². The van der Waals surface area contributed by atoms with Crippen molar-refractivity contribution >= 4 is 34.3 Å². The molecule has 7 heteroatoms. The number of nitrogens with one attached hydrogen (secondary N) is 1. The standard InChI is InChI=1S/C19H18ClN3O2S/c1-3-25-17-9-4-13(10-18(17)24-2)11-21-23-19-22-16(12-26-19)14-5-7-15(20)8-6-14/h4-12H,3H2,1-2H3,(H,22,23). The molecule has 3 aromatic rings. The molecule has 5 nitrogen and oxygen atoms in total. The first kappa shape index (κ1) is 18.2. The van der Waals surface area contributed by atoms with E-state index in [9.17, 15) is 0 Å². The van der Waals surface area contributed by atoms with E-state index < -0.39 is 0 Å². The Morgan fingerprint density at radius 1 is 1.19 bits per heavy atom. The highest BCUT2D eigenvalue weighted by atomic mass is 35.5. The largest absolute Gasteiger partial charge is 0.493 e. The number of thiazole rings is 1. The molecule has 3 rings (SSSR count).